The minimum Gasteiger partial charge on any atom is -0.507 e. The fraction of sp³-hybridized carbons (Fsp3) is 0.0769. The Morgan fingerprint density at radius 2 is 1.91 bits per heavy atom. The summed E-state index contributed by atoms with van der Waals surface area (Å²) in [5.41, 5.74) is 0.188. The second-order valence-electron chi connectivity index (χ2n) is 4.50. The van der Waals surface area contributed by atoms with Crippen molar-refractivity contribution < 1.29 is 18.4 Å². The van der Waals surface area contributed by atoms with Crippen LogP contribution < -0.4 is 4.72 Å². The number of benzene rings is 2. The fourth-order valence-corrected chi connectivity index (χ4v) is 3.18. The van der Waals surface area contributed by atoms with E-state index >= 15 is 0 Å². The molecular weight excluding hydrogens is 332 g/mol. The van der Waals surface area contributed by atoms with Crippen LogP contribution in [0.25, 0.3) is 0 Å². The highest BCUT2D eigenvalue weighted by Crippen LogP contribution is 2.30. The zero-order valence-corrected chi connectivity index (χ0v) is 12.9. The van der Waals surface area contributed by atoms with E-state index in [0.29, 0.717) is 5.56 Å². The smallest absolute Gasteiger partial charge is 0.289 e. The molecule has 0 aliphatic heterocycles. The van der Waals surface area contributed by atoms with Crippen LogP contribution in [0.2, 0.25) is 5.02 Å². The maximum absolute atomic E-state index is 12.3. The number of phenols is 1. The van der Waals surface area contributed by atoms with Crippen molar-refractivity contribution in [2.45, 2.75) is 11.8 Å². The number of anilines is 1. The van der Waals surface area contributed by atoms with Gasteiger partial charge < -0.3 is 5.11 Å². The average molecular weight is 343 g/mol. The first-order valence-electron chi connectivity index (χ1n) is 5.97. The molecule has 0 heterocycles. The molecule has 0 radical (unpaired) electrons. The molecule has 0 bridgehead atoms. The first-order chi connectivity index (χ1) is 10.2. The number of nitrogens with zero attached hydrogens (tertiary/aromatic N) is 1. The van der Waals surface area contributed by atoms with Gasteiger partial charge in [-0.15, -0.1) is 0 Å². The van der Waals surface area contributed by atoms with Gasteiger partial charge in [-0.25, -0.2) is 8.42 Å². The highest BCUT2D eigenvalue weighted by Gasteiger charge is 2.21. The number of hydrogen-bond acceptors (Lipinski definition) is 5. The molecule has 0 unspecified atom stereocenters. The van der Waals surface area contributed by atoms with Crippen LogP contribution in [0.5, 0.6) is 5.75 Å². The van der Waals surface area contributed by atoms with E-state index in [0.717, 1.165) is 6.07 Å². The predicted octanol–water partition coefficient (Wildman–Crippen LogP) is 3.06. The third-order valence-corrected chi connectivity index (χ3v) is 4.53. The van der Waals surface area contributed by atoms with Crippen LogP contribution in [0.4, 0.5) is 11.4 Å². The van der Waals surface area contributed by atoms with Crippen molar-refractivity contribution in [1.82, 2.24) is 0 Å². The number of nitro groups is 1. The Kier molecular flexibility index (Phi) is 4.25. The quantitative estimate of drug-likeness (QED) is 0.655. The van der Waals surface area contributed by atoms with Gasteiger partial charge in [0.2, 0.25) is 0 Å². The lowest BCUT2D eigenvalue weighted by molar-refractivity contribution is -0.384. The van der Waals surface area contributed by atoms with E-state index in [2.05, 4.69) is 4.72 Å². The number of hydrogen-bond donors (Lipinski definition) is 2. The molecule has 7 nitrogen and oxygen atoms in total. The summed E-state index contributed by atoms with van der Waals surface area (Å²) in [7, 11) is -4.09. The standard InChI is InChI=1S/C13H11ClN2O5S/c1-8-2-5-12(17)13(6-8)22(20,21)15-9-3-4-10(14)11(7-9)16(18)19/h2-7,15,17H,1H3. The van der Waals surface area contributed by atoms with E-state index in [1.165, 1.54) is 24.3 Å². The molecule has 0 saturated carbocycles. The van der Waals surface area contributed by atoms with Crippen molar-refractivity contribution in [3.8, 4) is 5.75 Å². The number of sulfonamides is 1. The summed E-state index contributed by atoms with van der Waals surface area (Å²) in [5.74, 6) is -0.415. The summed E-state index contributed by atoms with van der Waals surface area (Å²) in [6.07, 6.45) is 0. The van der Waals surface area contributed by atoms with Crippen molar-refractivity contribution >= 4 is 33.0 Å². The number of rotatable bonds is 4. The maximum Gasteiger partial charge on any atom is 0.289 e. The third kappa shape index (κ3) is 3.29. The van der Waals surface area contributed by atoms with Crippen LogP contribution >= 0.6 is 11.6 Å². The SMILES string of the molecule is Cc1ccc(O)c(S(=O)(=O)Nc2ccc(Cl)c([N+](=O)[O-])c2)c1. The van der Waals surface area contributed by atoms with E-state index in [1.807, 2.05) is 0 Å². The van der Waals surface area contributed by atoms with Crippen LogP contribution in [0.1, 0.15) is 5.56 Å². The van der Waals surface area contributed by atoms with Crippen LogP contribution in [0.3, 0.4) is 0 Å². The largest absolute Gasteiger partial charge is 0.507 e. The lowest BCUT2D eigenvalue weighted by Crippen LogP contribution is -2.13. The Labute approximate surface area is 131 Å². The summed E-state index contributed by atoms with van der Waals surface area (Å²) >= 11 is 5.67. The van der Waals surface area contributed by atoms with Crippen LogP contribution in [-0.4, -0.2) is 18.4 Å². The van der Waals surface area contributed by atoms with Crippen LogP contribution in [0, 0.1) is 17.0 Å². The van der Waals surface area contributed by atoms with Crippen molar-refractivity contribution in [2.75, 3.05) is 4.72 Å². The van der Waals surface area contributed by atoms with Gasteiger partial charge in [0.15, 0.2) is 0 Å². The number of nitro benzene ring substituents is 1. The molecule has 0 fully saturated rings. The third-order valence-electron chi connectivity index (χ3n) is 2.80. The topological polar surface area (TPSA) is 110 Å². The van der Waals surface area contributed by atoms with Crippen LogP contribution in [0.15, 0.2) is 41.3 Å². The summed E-state index contributed by atoms with van der Waals surface area (Å²) in [5, 5.41) is 20.4. The number of aromatic hydroxyl groups is 1. The summed E-state index contributed by atoms with van der Waals surface area (Å²) in [6.45, 7) is 1.67. The van der Waals surface area contributed by atoms with Crippen molar-refractivity contribution in [3.05, 3.63) is 57.1 Å². The van der Waals surface area contributed by atoms with Gasteiger partial charge in [0, 0.05) is 6.07 Å². The van der Waals surface area contributed by atoms with Gasteiger partial charge in [-0.3, -0.25) is 14.8 Å². The summed E-state index contributed by atoms with van der Waals surface area (Å²) in [6, 6.07) is 7.62. The second-order valence-corrected chi connectivity index (χ2v) is 6.56. The second kappa shape index (κ2) is 5.82. The molecule has 0 aliphatic carbocycles. The number of halogens is 1. The molecule has 2 aromatic rings. The molecule has 9 heteroatoms. The number of aryl methyl sites for hydroxylation is 1. The van der Waals surface area contributed by atoms with E-state index in [1.54, 1.807) is 13.0 Å². The highest BCUT2D eigenvalue weighted by atomic mass is 35.5. The monoisotopic (exact) mass is 342 g/mol. The van der Waals surface area contributed by atoms with Gasteiger partial charge in [0.05, 0.1) is 10.6 Å². The van der Waals surface area contributed by atoms with E-state index in [9.17, 15) is 23.6 Å². The highest BCUT2D eigenvalue weighted by molar-refractivity contribution is 7.92. The van der Waals surface area contributed by atoms with E-state index in [4.69, 9.17) is 11.6 Å². The molecule has 0 atom stereocenters. The van der Waals surface area contributed by atoms with Crippen LogP contribution in [-0.2, 0) is 10.0 Å². The fourth-order valence-electron chi connectivity index (χ4n) is 1.76. The van der Waals surface area contributed by atoms with Crippen molar-refractivity contribution in [3.63, 3.8) is 0 Å². The molecule has 2 rings (SSSR count). The van der Waals surface area contributed by atoms with Crippen molar-refractivity contribution in [1.29, 1.82) is 0 Å². The van der Waals surface area contributed by atoms with Gasteiger partial charge in [-0.1, -0.05) is 17.7 Å². The molecule has 0 aliphatic rings. The predicted molar refractivity (Wildman–Crippen MR) is 81.8 cm³/mol. The molecule has 0 amide bonds. The Morgan fingerprint density at radius 1 is 1.23 bits per heavy atom. The minimum atomic E-state index is -4.09. The lowest BCUT2D eigenvalue weighted by atomic mass is 10.2. The lowest BCUT2D eigenvalue weighted by Gasteiger charge is -2.10. The van der Waals surface area contributed by atoms with E-state index < -0.39 is 26.4 Å². The van der Waals surface area contributed by atoms with E-state index in [-0.39, 0.29) is 15.6 Å². The van der Waals surface area contributed by atoms with Gasteiger partial charge in [-0.05, 0) is 36.8 Å². The summed E-state index contributed by atoms with van der Waals surface area (Å²) in [4.78, 5) is 9.78. The van der Waals surface area contributed by atoms with Crippen molar-refractivity contribution in [2.24, 2.45) is 0 Å². The Bertz CT molecular complexity index is 852. The number of nitrogens with one attached hydrogen (secondary N) is 1. The van der Waals surface area contributed by atoms with Gasteiger partial charge in [0.25, 0.3) is 15.7 Å². The van der Waals surface area contributed by atoms with Gasteiger partial charge >= 0.3 is 0 Å². The number of phenolic OH excluding ortho intramolecular Hbond substituents is 1. The Hall–Kier alpha value is -2.32. The Morgan fingerprint density at radius 3 is 2.55 bits per heavy atom. The molecule has 2 N–H and O–H groups in total. The zero-order chi connectivity index (χ0) is 16.5. The van der Waals surface area contributed by atoms with Gasteiger partial charge in [-0.2, -0.15) is 0 Å². The molecule has 0 saturated heterocycles. The first-order valence-corrected chi connectivity index (χ1v) is 7.83. The Balaban J connectivity index is 2.43. The summed E-state index contributed by atoms with van der Waals surface area (Å²) < 4.78 is 26.7. The molecule has 22 heavy (non-hydrogen) atoms. The minimum absolute atomic E-state index is 0.0305. The molecule has 0 spiro atoms. The first kappa shape index (κ1) is 16.1. The molecule has 116 valence electrons. The average Bonchev–Trinajstić information content (AvgIpc) is 2.43. The normalized spacial score (nSPS) is 11.2. The molecular formula is C13H11ClN2O5S. The van der Waals surface area contributed by atoms with Gasteiger partial charge in [0.1, 0.15) is 15.7 Å². The molecule has 2 aromatic carbocycles. The molecule has 0 aromatic heterocycles. The maximum atomic E-state index is 12.3. The zero-order valence-electron chi connectivity index (χ0n) is 11.3.